The molecule has 1 aromatic heterocycles. The first-order valence-corrected chi connectivity index (χ1v) is 9.55. The summed E-state index contributed by atoms with van der Waals surface area (Å²) in [5.74, 6) is -0.325. The molecule has 27 heavy (non-hydrogen) atoms. The van der Waals surface area contributed by atoms with Crippen LogP contribution in [0.15, 0.2) is 42.5 Å². The lowest BCUT2D eigenvalue weighted by atomic mass is 10.1. The highest BCUT2D eigenvalue weighted by molar-refractivity contribution is 7.21. The van der Waals surface area contributed by atoms with Crippen molar-refractivity contribution in [1.82, 2.24) is 10.3 Å². The number of anilines is 1. The lowest BCUT2D eigenvalue weighted by Gasteiger charge is -2.10. The Bertz CT molecular complexity index is 935. The number of thiazole rings is 1. The molecule has 0 aliphatic carbocycles. The number of para-hydroxylation sites is 1. The van der Waals surface area contributed by atoms with Gasteiger partial charge < -0.3 is 15.4 Å². The maximum Gasteiger partial charge on any atom is 0.319 e. The highest BCUT2D eigenvalue weighted by atomic mass is 32.1. The van der Waals surface area contributed by atoms with Gasteiger partial charge in [-0.15, -0.1) is 11.3 Å². The molecule has 140 valence electrons. The maximum absolute atomic E-state index is 12.0. The van der Waals surface area contributed by atoms with E-state index in [-0.39, 0.29) is 25.0 Å². The molecule has 3 rings (SSSR count). The van der Waals surface area contributed by atoms with E-state index in [2.05, 4.69) is 21.7 Å². The summed E-state index contributed by atoms with van der Waals surface area (Å²) in [4.78, 5) is 27.9. The lowest BCUT2D eigenvalue weighted by Crippen LogP contribution is -2.31. The van der Waals surface area contributed by atoms with Gasteiger partial charge in [0.15, 0.2) is 0 Å². The van der Waals surface area contributed by atoms with Crippen LogP contribution in [0.1, 0.15) is 18.9 Å². The number of aryl methyl sites for hydroxylation is 1. The molecule has 2 N–H and O–H groups in total. The number of nitrogens with one attached hydrogen (secondary N) is 2. The summed E-state index contributed by atoms with van der Waals surface area (Å²) in [5, 5.41) is 6.40. The van der Waals surface area contributed by atoms with Crippen LogP contribution in [0.4, 0.5) is 10.5 Å². The van der Waals surface area contributed by atoms with E-state index in [4.69, 9.17) is 4.74 Å². The number of rotatable bonds is 6. The fourth-order valence-electron chi connectivity index (χ4n) is 2.61. The van der Waals surface area contributed by atoms with Crippen LogP contribution in [0.2, 0.25) is 0 Å². The lowest BCUT2D eigenvalue weighted by molar-refractivity contribution is -0.142. The summed E-state index contributed by atoms with van der Waals surface area (Å²) in [6, 6.07) is 13.5. The van der Waals surface area contributed by atoms with E-state index in [1.54, 1.807) is 18.3 Å². The van der Waals surface area contributed by atoms with Gasteiger partial charge in [-0.2, -0.15) is 0 Å². The predicted molar refractivity (Wildman–Crippen MR) is 108 cm³/mol. The molecular weight excluding hydrogens is 362 g/mol. The number of urea groups is 1. The summed E-state index contributed by atoms with van der Waals surface area (Å²) < 4.78 is 5.97. The van der Waals surface area contributed by atoms with Crippen molar-refractivity contribution in [3.05, 3.63) is 48.0 Å². The van der Waals surface area contributed by atoms with E-state index in [1.165, 1.54) is 0 Å². The van der Waals surface area contributed by atoms with Gasteiger partial charge in [0.25, 0.3) is 0 Å². The Labute approximate surface area is 161 Å². The Hall–Kier alpha value is -2.93. The van der Waals surface area contributed by atoms with Gasteiger partial charge in [-0.1, -0.05) is 12.1 Å². The van der Waals surface area contributed by atoms with Crippen molar-refractivity contribution in [1.29, 1.82) is 0 Å². The van der Waals surface area contributed by atoms with E-state index in [1.807, 2.05) is 43.3 Å². The second-order valence-corrected chi connectivity index (χ2v) is 6.98. The normalized spacial score (nSPS) is 10.6. The summed E-state index contributed by atoms with van der Waals surface area (Å²) in [7, 11) is 0. The fraction of sp³-hybridized carbons (Fsp3) is 0.250. The molecule has 3 aromatic rings. The van der Waals surface area contributed by atoms with Gasteiger partial charge in [-0.25, -0.2) is 9.78 Å². The Balaban J connectivity index is 1.62. The van der Waals surface area contributed by atoms with Crippen molar-refractivity contribution < 1.29 is 14.3 Å². The van der Waals surface area contributed by atoms with Crippen LogP contribution in [0.25, 0.3) is 20.8 Å². The van der Waals surface area contributed by atoms with E-state index in [9.17, 15) is 9.59 Å². The first kappa shape index (κ1) is 18.8. The Morgan fingerprint density at radius 3 is 2.74 bits per heavy atom. The second-order valence-electron chi connectivity index (χ2n) is 5.95. The number of carbonyl (C=O) groups excluding carboxylic acids is 2. The zero-order valence-electron chi connectivity index (χ0n) is 15.2. The third-order valence-electron chi connectivity index (χ3n) is 3.94. The van der Waals surface area contributed by atoms with Crippen LogP contribution in [0.5, 0.6) is 0 Å². The van der Waals surface area contributed by atoms with Gasteiger partial charge in [-0.3, -0.25) is 4.79 Å². The minimum atomic E-state index is -0.352. The monoisotopic (exact) mass is 383 g/mol. The fourth-order valence-corrected chi connectivity index (χ4v) is 3.57. The number of ether oxygens (including phenoxy) is 1. The number of esters is 1. The molecule has 0 spiro atoms. The summed E-state index contributed by atoms with van der Waals surface area (Å²) >= 11 is 1.64. The highest BCUT2D eigenvalue weighted by Crippen LogP contribution is 2.31. The van der Waals surface area contributed by atoms with Gasteiger partial charge in [-0.05, 0) is 49.7 Å². The van der Waals surface area contributed by atoms with Crippen LogP contribution < -0.4 is 10.6 Å². The molecular formula is C20H21N3O3S. The molecule has 0 atom stereocenters. The van der Waals surface area contributed by atoms with Crippen LogP contribution in [0.3, 0.4) is 0 Å². The molecule has 0 radical (unpaired) electrons. The second kappa shape index (κ2) is 8.64. The Morgan fingerprint density at radius 1 is 1.19 bits per heavy atom. The number of hydrogen-bond acceptors (Lipinski definition) is 5. The average Bonchev–Trinajstić information content (AvgIpc) is 3.08. The topological polar surface area (TPSA) is 80.3 Å². The zero-order chi connectivity index (χ0) is 19.2. The van der Waals surface area contributed by atoms with Crippen molar-refractivity contribution in [2.45, 2.75) is 20.3 Å². The number of amides is 2. The molecule has 2 aromatic carbocycles. The van der Waals surface area contributed by atoms with E-state index >= 15 is 0 Å². The molecule has 0 saturated heterocycles. The molecule has 0 saturated carbocycles. The molecule has 0 unspecified atom stereocenters. The molecule has 0 aliphatic heterocycles. The number of hydrogen-bond donors (Lipinski definition) is 2. The first-order valence-electron chi connectivity index (χ1n) is 8.74. The van der Waals surface area contributed by atoms with Crippen LogP contribution >= 0.6 is 11.3 Å². The molecule has 7 heteroatoms. The average molecular weight is 383 g/mol. The minimum absolute atomic E-state index is 0.150. The summed E-state index contributed by atoms with van der Waals surface area (Å²) in [5.41, 5.74) is 3.65. The zero-order valence-corrected chi connectivity index (χ0v) is 16.1. The standard InChI is InChI=1S/C20H21N3O3S/c1-3-26-18(24)10-11-21-20(25)23-15-9-8-14(12-13(15)2)19-22-16-6-4-5-7-17(16)27-19/h4-9,12H,3,10-11H2,1-2H3,(H2,21,23,25). The number of aromatic nitrogens is 1. The predicted octanol–water partition coefficient (Wildman–Crippen LogP) is 4.35. The third-order valence-corrected chi connectivity index (χ3v) is 5.02. The minimum Gasteiger partial charge on any atom is -0.466 e. The van der Waals surface area contributed by atoms with Crippen molar-refractivity contribution in [3.8, 4) is 10.6 Å². The van der Waals surface area contributed by atoms with Crippen molar-refractivity contribution in [3.63, 3.8) is 0 Å². The van der Waals surface area contributed by atoms with Crippen molar-refractivity contribution >= 4 is 39.2 Å². The molecule has 1 heterocycles. The van der Waals surface area contributed by atoms with E-state index in [0.29, 0.717) is 12.3 Å². The van der Waals surface area contributed by atoms with Crippen molar-refractivity contribution in [2.75, 3.05) is 18.5 Å². The van der Waals surface area contributed by atoms with Crippen LogP contribution in [-0.4, -0.2) is 30.1 Å². The van der Waals surface area contributed by atoms with Gasteiger partial charge in [0, 0.05) is 17.8 Å². The number of carbonyl (C=O) groups is 2. The first-order chi connectivity index (χ1) is 13.1. The largest absolute Gasteiger partial charge is 0.466 e. The van der Waals surface area contributed by atoms with E-state index in [0.717, 1.165) is 26.4 Å². The van der Waals surface area contributed by atoms with Gasteiger partial charge >= 0.3 is 12.0 Å². The number of benzene rings is 2. The SMILES string of the molecule is CCOC(=O)CCNC(=O)Nc1ccc(-c2nc3ccccc3s2)cc1C. The molecule has 6 nitrogen and oxygen atoms in total. The van der Waals surface area contributed by atoms with Crippen LogP contribution in [0, 0.1) is 6.92 Å². The number of fused-ring (bicyclic) bond motifs is 1. The third kappa shape index (κ3) is 4.83. The quantitative estimate of drug-likeness (QED) is 0.620. The van der Waals surface area contributed by atoms with Gasteiger partial charge in [0.1, 0.15) is 5.01 Å². The van der Waals surface area contributed by atoms with Gasteiger partial charge in [0.05, 0.1) is 23.2 Å². The van der Waals surface area contributed by atoms with Crippen LogP contribution in [-0.2, 0) is 9.53 Å². The summed E-state index contributed by atoms with van der Waals surface area (Å²) in [6.45, 7) is 4.25. The molecule has 0 bridgehead atoms. The molecule has 0 fully saturated rings. The molecule has 0 aliphatic rings. The number of nitrogens with zero attached hydrogens (tertiary/aromatic N) is 1. The smallest absolute Gasteiger partial charge is 0.319 e. The van der Waals surface area contributed by atoms with E-state index < -0.39 is 0 Å². The molecule has 2 amide bonds. The maximum atomic E-state index is 12.0. The summed E-state index contributed by atoms with van der Waals surface area (Å²) in [6.07, 6.45) is 0.150. The Morgan fingerprint density at radius 2 is 2.00 bits per heavy atom. The Kier molecular flexibility index (Phi) is 6.03. The highest BCUT2D eigenvalue weighted by Gasteiger charge is 2.10. The van der Waals surface area contributed by atoms with Gasteiger partial charge in [0.2, 0.25) is 0 Å². The van der Waals surface area contributed by atoms with Crippen molar-refractivity contribution in [2.24, 2.45) is 0 Å².